The van der Waals surface area contributed by atoms with Crippen LogP contribution in [0.2, 0.25) is 0 Å². The number of primary amides is 1. The second kappa shape index (κ2) is 6.88. The van der Waals surface area contributed by atoms with E-state index in [0.29, 0.717) is 12.4 Å². The van der Waals surface area contributed by atoms with Crippen molar-refractivity contribution in [2.75, 3.05) is 6.61 Å². The Kier molecular flexibility index (Phi) is 6.23. The second-order valence-electron chi connectivity index (χ2n) is 3.40. The standard InChI is InChI=1S/C11H15NO2.C2H6/c1-4-8-9(5-2)14-6-7(3)10(8)11(12)13;1-2/h4-5,7,10H,1-2,6H2,3H3,(H2,12,13);1-2H3. The van der Waals surface area contributed by atoms with Crippen LogP contribution in [-0.2, 0) is 9.53 Å². The van der Waals surface area contributed by atoms with Crippen LogP contribution < -0.4 is 5.73 Å². The number of rotatable bonds is 3. The molecule has 2 unspecified atom stereocenters. The lowest BCUT2D eigenvalue weighted by molar-refractivity contribution is -0.123. The molecule has 0 saturated heterocycles. The molecule has 0 spiro atoms. The summed E-state index contributed by atoms with van der Waals surface area (Å²) in [5.74, 6) is 0.0513. The van der Waals surface area contributed by atoms with Crippen LogP contribution >= 0.6 is 0 Å². The molecule has 0 aromatic rings. The fourth-order valence-corrected chi connectivity index (χ4v) is 1.70. The molecule has 1 amide bonds. The highest BCUT2D eigenvalue weighted by atomic mass is 16.5. The van der Waals surface area contributed by atoms with Crippen molar-refractivity contribution >= 4 is 5.91 Å². The average Bonchev–Trinajstić information content (AvgIpc) is 2.30. The van der Waals surface area contributed by atoms with Crippen molar-refractivity contribution in [1.82, 2.24) is 0 Å². The van der Waals surface area contributed by atoms with Crippen LogP contribution in [0.3, 0.4) is 0 Å². The first kappa shape index (κ1) is 14.5. The van der Waals surface area contributed by atoms with E-state index in [1.165, 1.54) is 0 Å². The zero-order valence-corrected chi connectivity index (χ0v) is 10.3. The maximum Gasteiger partial charge on any atom is 0.225 e. The SMILES string of the molecule is C=CC1=C(C=C)C(C(N)=O)C(C)CO1.CC. The van der Waals surface area contributed by atoms with Gasteiger partial charge in [0.15, 0.2) is 0 Å². The highest BCUT2D eigenvalue weighted by Crippen LogP contribution is 2.30. The summed E-state index contributed by atoms with van der Waals surface area (Å²) in [7, 11) is 0. The van der Waals surface area contributed by atoms with Crippen LogP contribution in [0.1, 0.15) is 20.8 Å². The number of amides is 1. The summed E-state index contributed by atoms with van der Waals surface area (Å²) in [6, 6.07) is 0. The van der Waals surface area contributed by atoms with Crippen molar-refractivity contribution in [1.29, 1.82) is 0 Å². The monoisotopic (exact) mass is 223 g/mol. The van der Waals surface area contributed by atoms with E-state index in [9.17, 15) is 4.79 Å². The minimum Gasteiger partial charge on any atom is -0.493 e. The first-order valence-electron chi connectivity index (χ1n) is 5.53. The van der Waals surface area contributed by atoms with Crippen LogP contribution in [0.15, 0.2) is 36.6 Å². The van der Waals surface area contributed by atoms with Crippen LogP contribution in [-0.4, -0.2) is 12.5 Å². The molecule has 3 heteroatoms. The van der Waals surface area contributed by atoms with E-state index in [1.807, 2.05) is 20.8 Å². The Morgan fingerprint density at radius 1 is 1.44 bits per heavy atom. The third-order valence-electron chi connectivity index (χ3n) is 2.40. The van der Waals surface area contributed by atoms with Crippen LogP contribution in [0.25, 0.3) is 0 Å². The summed E-state index contributed by atoms with van der Waals surface area (Å²) < 4.78 is 5.41. The van der Waals surface area contributed by atoms with Crippen molar-refractivity contribution in [3.8, 4) is 0 Å². The van der Waals surface area contributed by atoms with Crippen molar-refractivity contribution in [2.45, 2.75) is 20.8 Å². The van der Waals surface area contributed by atoms with Crippen molar-refractivity contribution in [3.05, 3.63) is 36.6 Å². The third kappa shape index (κ3) is 2.99. The van der Waals surface area contributed by atoms with Gasteiger partial charge in [0.2, 0.25) is 5.91 Å². The molecule has 90 valence electrons. The van der Waals surface area contributed by atoms with Gasteiger partial charge in [-0.25, -0.2) is 0 Å². The maximum atomic E-state index is 11.2. The van der Waals surface area contributed by atoms with Gasteiger partial charge in [-0.1, -0.05) is 40.0 Å². The summed E-state index contributed by atoms with van der Waals surface area (Å²) in [5, 5.41) is 0. The fraction of sp³-hybridized carbons (Fsp3) is 0.462. The molecule has 1 heterocycles. The van der Waals surface area contributed by atoms with Gasteiger partial charge in [-0.15, -0.1) is 0 Å². The van der Waals surface area contributed by atoms with Crippen LogP contribution in [0.4, 0.5) is 0 Å². The van der Waals surface area contributed by atoms with Crippen molar-refractivity contribution in [2.24, 2.45) is 17.6 Å². The molecule has 0 aromatic heterocycles. The summed E-state index contributed by atoms with van der Waals surface area (Å²) in [5.41, 5.74) is 6.07. The van der Waals surface area contributed by atoms with Gasteiger partial charge < -0.3 is 10.5 Å². The lowest BCUT2D eigenvalue weighted by atomic mass is 9.84. The summed E-state index contributed by atoms with van der Waals surface area (Å²) in [6.45, 7) is 13.7. The molecule has 0 saturated carbocycles. The van der Waals surface area contributed by atoms with Crippen molar-refractivity contribution in [3.63, 3.8) is 0 Å². The normalized spacial score (nSPS) is 23.7. The Balaban J connectivity index is 0.00000106. The van der Waals surface area contributed by atoms with E-state index in [2.05, 4.69) is 13.2 Å². The molecule has 0 aromatic carbocycles. The molecule has 1 aliphatic rings. The molecule has 16 heavy (non-hydrogen) atoms. The number of carbonyl (C=O) groups is 1. The highest BCUT2D eigenvalue weighted by Gasteiger charge is 2.31. The molecule has 0 fully saturated rings. The van der Waals surface area contributed by atoms with E-state index < -0.39 is 0 Å². The van der Waals surface area contributed by atoms with Gasteiger partial charge in [-0.2, -0.15) is 0 Å². The minimum atomic E-state index is -0.338. The first-order chi connectivity index (χ1) is 7.61. The Labute approximate surface area is 97.7 Å². The molecule has 0 bridgehead atoms. The average molecular weight is 223 g/mol. The van der Waals surface area contributed by atoms with Gasteiger partial charge in [0, 0.05) is 11.5 Å². The molecular formula is C13H21NO2. The first-order valence-corrected chi connectivity index (χ1v) is 5.53. The zero-order chi connectivity index (χ0) is 12.7. The molecule has 2 atom stereocenters. The van der Waals surface area contributed by atoms with E-state index >= 15 is 0 Å². The largest absolute Gasteiger partial charge is 0.493 e. The number of hydrogen-bond donors (Lipinski definition) is 1. The number of hydrogen-bond acceptors (Lipinski definition) is 2. The third-order valence-corrected chi connectivity index (χ3v) is 2.40. The van der Waals surface area contributed by atoms with Crippen LogP contribution in [0, 0.1) is 11.8 Å². The van der Waals surface area contributed by atoms with Gasteiger partial charge in [0.05, 0.1) is 12.5 Å². The number of allylic oxidation sites excluding steroid dienone is 2. The second-order valence-corrected chi connectivity index (χ2v) is 3.40. The highest BCUT2D eigenvalue weighted by molar-refractivity contribution is 5.81. The van der Waals surface area contributed by atoms with Crippen LogP contribution in [0.5, 0.6) is 0 Å². The van der Waals surface area contributed by atoms with E-state index in [0.717, 1.165) is 5.57 Å². The minimum absolute atomic E-state index is 0.0872. The van der Waals surface area contributed by atoms with Gasteiger partial charge in [-0.05, 0) is 6.08 Å². The fourth-order valence-electron chi connectivity index (χ4n) is 1.70. The Bertz CT molecular complexity index is 305. The molecular weight excluding hydrogens is 202 g/mol. The lowest BCUT2D eigenvalue weighted by Crippen LogP contribution is -2.35. The Hall–Kier alpha value is -1.51. The molecule has 0 radical (unpaired) electrons. The summed E-state index contributed by atoms with van der Waals surface area (Å²) >= 11 is 0. The Morgan fingerprint density at radius 3 is 2.38 bits per heavy atom. The lowest BCUT2D eigenvalue weighted by Gasteiger charge is -2.29. The quantitative estimate of drug-likeness (QED) is 0.798. The smallest absolute Gasteiger partial charge is 0.225 e. The van der Waals surface area contributed by atoms with Gasteiger partial charge >= 0.3 is 0 Å². The molecule has 2 N–H and O–H groups in total. The summed E-state index contributed by atoms with van der Waals surface area (Å²) in [6.07, 6.45) is 3.20. The van der Waals surface area contributed by atoms with E-state index in [4.69, 9.17) is 10.5 Å². The zero-order valence-electron chi connectivity index (χ0n) is 10.3. The molecule has 0 aliphatic carbocycles. The molecule has 1 rings (SSSR count). The van der Waals surface area contributed by atoms with Gasteiger partial charge in [0.1, 0.15) is 5.76 Å². The predicted molar refractivity (Wildman–Crippen MR) is 66.6 cm³/mol. The van der Waals surface area contributed by atoms with Gasteiger partial charge in [0.25, 0.3) is 0 Å². The number of nitrogens with two attached hydrogens (primary N) is 1. The topological polar surface area (TPSA) is 52.3 Å². The number of ether oxygens (including phenoxy) is 1. The molecule has 3 nitrogen and oxygen atoms in total. The predicted octanol–water partition coefficient (Wildman–Crippen LogP) is 2.41. The number of carbonyl (C=O) groups excluding carboxylic acids is 1. The summed E-state index contributed by atoms with van der Waals surface area (Å²) in [4.78, 5) is 11.2. The van der Waals surface area contributed by atoms with E-state index in [1.54, 1.807) is 12.2 Å². The van der Waals surface area contributed by atoms with E-state index in [-0.39, 0.29) is 17.7 Å². The molecule has 1 aliphatic heterocycles. The van der Waals surface area contributed by atoms with Gasteiger partial charge in [-0.3, -0.25) is 4.79 Å². The van der Waals surface area contributed by atoms with Crippen molar-refractivity contribution < 1.29 is 9.53 Å². The Morgan fingerprint density at radius 2 is 2.00 bits per heavy atom. The maximum absolute atomic E-state index is 11.2.